The SMILES string of the molecule is CCc1ccc(NC(=O)C(C)OC(=O)C2CCCN(S(=O)(=O)c3ccc(OC)cc3)C2)cc1. The maximum atomic E-state index is 13.0. The summed E-state index contributed by atoms with van der Waals surface area (Å²) in [5.74, 6) is -1.09. The third kappa shape index (κ3) is 6.11. The van der Waals surface area contributed by atoms with Crippen LogP contribution in [0.3, 0.4) is 0 Å². The summed E-state index contributed by atoms with van der Waals surface area (Å²) < 4.78 is 37.8. The molecule has 3 rings (SSSR count). The number of carbonyl (C=O) groups is 2. The van der Waals surface area contributed by atoms with E-state index < -0.39 is 33.9 Å². The van der Waals surface area contributed by atoms with Crippen LogP contribution in [0.1, 0.15) is 32.3 Å². The number of sulfonamides is 1. The Morgan fingerprint density at radius 2 is 1.79 bits per heavy atom. The Hall–Kier alpha value is -2.91. The molecular formula is C24H30N2O6S. The molecule has 9 heteroatoms. The van der Waals surface area contributed by atoms with Crippen molar-refractivity contribution in [2.24, 2.45) is 5.92 Å². The van der Waals surface area contributed by atoms with Crippen molar-refractivity contribution >= 4 is 27.6 Å². The van der Waals surface area contributed by atoms with E-state index in [1.165, 1.54) is 30.5 Å². The van der Waals surface area contributed by atoms with Crippen molar-refractivity contribution in [2.45, 2.75) is 44.1 Å². The normalized spacial score (nSPS) is 17.7. The van der Waals surface area contributed by atoms with Gasteiger partial charge in [-0.3, -0.25) is 9.59 Å². The number of esters is 1. The van der Waals surface area contributed by atoms with Crippen LogP contribution in [0.15, 0.2) is 53.4 Å². The molecule has 8 nitrogen and oxygen atoms in total. The Morgan fingerprint density at radius 3 is 2.39 bits per heavy atom. The van der Waals surface area contributed by atoms with E-state index in [9.17, 15) is 18.0 Å². The first-order chi connectivity index (χ1) is 15.7. The highest BCUT2D eigenvalue weighted by atomic mass is 32.2. The second kappa shape index (κ2) is 10.8. The molecule has 1 N–H and O–H groups in total. The van der Waals surface area contributed by atoms with E-state index in [0.717, 1.165) is 12.0 Å². The minimum Gasteiger partial charge on any atom is -0.497 e. The Morgan fingerprint density at radius 1 is 1.12 bits per heavy atom. The number of hydrogen-bond acceptors (Lipinski definition) is 6. The highest BCUT2D eigenvalue weighted by molar-refractivity contribution is 7.89. The van der Waals surface area contributed by atoms with E-state index in [-0.39, 0.29) is 11.4 Å². The van der Waals surface area contributed by atoms with Crippen molar-refractivity contribution in [3.63, 3.8) is 0 Å². The first kappa shape index (κ1) is 24.7. The Kier molecular flexibility index (Phi) is 8.10. The summed E-state index contributed by atoms with van der Waals surface area (Å²) >= 11 is 0. The van der Waals surface area contributed by atoms with E-state index in [1.54, 1.807) is 24.3 Å². The number of hydrogen-bond donors (Lipinski definition) is 1. The second-order valence-corrected chi connectivity index (χ2v) is 9.93. The fraction of sp³-hybridized carbons (Fsp3) is 0.417. The fourth-order valence-corrected chi connectivity index (χ4v) is 5.17. The minimum atomic E-state index is -3.75. The molecule has 178 valence electrons. The molecule has 2 aromatic rings. The van der Waals surface area contributed by atoms with Gasteiger partial charge in [-0.1, -0.05) is 19.1 Å². The van der Waals surface area contributed by atoms with Crippen LogP contribution in [0.4, 0.5) is 5.69 Å². The molecule has 33 heavy (non-hydrogen) atoms. The molecule has 2 atom stereocenters. The van der Waals surface area contributed by atoms with Crippen LogP contribution in [-0.4, -0.2) is 50.9 Å². The number of amides is 1. The quantitative estimate of drug-likeness (QED) is 0.590. The monoisotopic (exact) mass is 474 g/mol. The van der Waals surface area contributed by atoms with Crippen molar-refractivity contribution < 1.29 is 27.5 Å². The zero-order valence-electron chi connectivity index (χ0n) is 19.1. The van der Waals surface area contributed by atoms with Crippen LogP contribution in [0, 0.1) is 5.92 Å². The van der Waals surface area contributed by atoms with Crippen LogP contribution in [0.25, 0.3) is 0 Å². The molecule has 0 aliphatic carbocycles. The van der Waals surface area contributed by atoms with Crippen molar-refractivity contribution in [1.82, 2.24) is 4.31 Å². The van der Waals surface area contributed by atoms with E-state index in [0.29, 0.717) is 30.8 Å². The maximum absolute atomic E-state index is 13.0. The largest absolute Gasteiger partial charge is 0.497 e. The molecule has 1 saturated heterocycles. The predicted molar refractivity (Wildman–Crippen MR) is 124 cm³/mol. The zero-order chi connectivity index (χ0) is 24.0. The summed E-state index contributed by atoms with van der Waals surface area (Å²) in [5.41, 5.74) is 1.77. The van der Waals surface area contributed by atoms with Gasteiger partial charge < -0.3 is 14.8 Å². The van der Waals surface area contributed by atoms with Gasteiger partial charge in [0, 0.05) is 18.8 Å². The van der Waals surface area contributed by atoms with Gasteiger partial charge in [0.1, 0.15) is 5.75 Å². The predicted octanol–water partition coefficient (Wildman–Crippen LogP) is 3.23. The van der Waals surface area contributed by atoms with Crippen molar-refractivity contribution in [3.8, 4) is 5.75 Å². The maximum Gasteiger partial charge on any atom is 0.311 e. The molecule has 1 aliphatic rings. The molecule has 1 fully saturated rings. The summed E-state index contributed by atoms with van der Waals surface area (Å²) in [5, 5.41) is 2.73. The Labute approximate surface area is 194 Å². The molecule has 1 heterocycles. The molecule has 0 radical (unpaired) electrons. The summed E-state index contributed by atoms with van der Waals surface area (Å²) in [4.78, 5) is 25.3. The molecule has 2 unspecified atom stereocenters. The summed E-state index contributed by atoms with van der Waals surface area (Å²) in [6.07, 6.45) is 0.922. The number of nitrogens with one attached hydrogen (secondary N) is 1. The van der Waals surface area contributed by atoms with E-state index in [4.69, 9.17) is 9.47 Å². The van der Waals surface area contributed by atoms with Gasteiger partial charge >= 0.3 is 5.97 Å². The van der Waals surface area contributed by atoms with Crippen LogP contribution in [0.5, 0.6) is 5.75 Å². The van der Waals surface area contributed by atoms with Gasteiger partial charge in [0.05, 0.1) is 17.9 Å². The summed E-state index contributed by atoms with van der Waals surface area (Å²) in [7, 11) is -2.25. The average Bonchev–Trinajstić information content (AvgIpc) is 2.84. The first-order valence-corrected chi connectivity index (χ1v) is 12.4. The fourth-order valence-electron chi connectivity index (χ4n) is 3.64. The van der Waals surface area contributed by atoms with Gasteiger partial charge in [0.25, 0.3) is 5.91 Å². The van der Waals surface area contributed by atoms with Crippen molar-refractivity contribution in [3.05, 3.63) is 54.1 Å². The molecular weight excluding hydrogens is 444 g/mol. The van der Waals surface area contributed by atoms with Crippen molar-refractivity contribution in [1.29, 1.82) is 0 Å². The summed E-state index contributed by atoms with van der Waals surface area (Å²) in [6.45, 7) is 3.88. The first-order valence-electron chi connectivity index (χ1n) is 11.0. The lowest BCUT2D eigenvalue weighted by Crippen LogP contribution is -2.43. The Bertz CT molecular complexity index is 1070. The van der Waals surface area contributed by atoms with Gasteiger partial charge in [0.2, 0.25) is 10.0 Å². The standard InChI is InChI=1S/C24H30N2O6S/c1-4-18-7-9-20(10-8-18)25-23(27)17(2)32-24(28)19-6-5-15-26(16-19)33(29,30)22-13-11-21(31-3)12-14-22/h7-14,17,19H,4-6,15-16H2,1-3H3,(H,25,27). The minimum absolute atomic E-state index is 0.0139. The van der Waals surface area contributed by atoms with Crippen LogP contribution in [0.2, 0.25) is 0 Å². The molecule has 1 amide bonds. The van der Waals surface area contributed by atoms with Crippen LogP contribution >= 0.6 is 0 Å². The zero-order valence-corrected chi connectivity index (χ0v) is 19.9. The van der Waals surface area contributed by atoms with Crippen molar-refractivity contribution in [2.75, 3.05) is 25.5 Å². The van der Waals surface area contributed by atoms with E-state index in [2.05, 4.69) is 5.32 Å². The van der Waals surface area contributed by atoms with Crippen LogP contribution < -0.4 is 10.1 Å². The molecule has 0 spiro atoms. The number of nitrogens with zero attached hydrogens (tertiary/aromatic N) is 1. The Balaban J connectivity index is 1.59. The third-order valence-electron chi connectivity index (χ3n) is 5.71. The highest BCUT2D eigenvalue weighted by Gasteiger charge is 2.35. The second-order valence-electron chi connectivity index (χ2n) is 8.00. The lowest BCUT2D eigenvalue weighted by Gasteiger charge is -2.31. The lowest BCUT2D eigenvalue weighted by molar-refractivity contribution is -0.158. The molecule has 1 aliphatic heterocycles. The lowest BCUT2D eigenvalue weighted by atomic mass is 10.00. The van der Waals surface area contributed by atoms with E-state index in [1.807, 2.05) is 19.1 Å². The topological polar surface area (TPSA) is 102 Å². The van der Waals surface area contributed by atoms with Crippen LogP contribution in [-0.2, 0) is 30.8 Å². The molecule has 0 saturated carbocycles. The molecule has 2 aromatic carbocycles. The smallest absolute Gasteiger partial charge is 0.311 e. The molecule has 0 bridgehead atoms. The number of aryl methyl sites for hydroxylation is 1. The highest BCUT2D eigenvalue weighted by Crippen LogP contribution is 2.26. The average molecular weight is 475 g/mol. The van der Waals surface area contributed by atoms with Gasteiger partial charge in [-0.15, -0.1) is 0 Å². The van der Waals surface area contributed by atoms with Gasteiger partial charge in [-0.25, -0.2) is 8.42 Å². The number of methoxy groups -OCH3 is 1. The number of ether oxygens (including phenoxy) is 2. The van der Waals surface area contributed by atoms with Gasteiger partial charge in [-0.05, 0) is 68.1 Å². The van der Waals surface area contributed by atoms with E-state index >= 15 is 0 Å². The number of benzene rings is 2. The number of piperidine rings is 1. The van der Waals surface area contributed by atoms with Gasteiger partial charge in [0.15, 0.2) is 6.10 Å². The number of rotatable bonds is 8. The third-order valence-corrected chi connectivity index (χ3v) is 7.59. The number of anilines is 1. The summed E-state index contributed by atoms with van der Waals surface area (Å²) in [6, 6.07) is 13.6. The molecule has 0 aromatic heterocycles. The number of carbonyl (C=O) groups excluding carboxylic acids is 2. The van der Waals surface area contributed by atoms with Gasteiger partial charge in [-0.2, -0.15) is 4.31 Å².